The highest BCUT2D eigenvalue weighted by atomic mass is 16.3. The van der Waals surface area contributed by atoms with Gasteiger partial charge in [0.1, 0.15) is 12.2 Å². The second-order valence-electron chi connectivity index (χ2n) is 9.93. The zero-order valence-corrected chi connectivity index (χ0v) is 20.0. The molecule has 0 saturated carbocycles. The molecule has 3 atom stereocenters. The number of aromatic nitrogens is 2. The van der Waals surface area contributed by atoms with Crippen molar-refractivity contribution in [3.63, 3.8) is 0 Å². The molecule has 178 valence electrons. The lowest BCUT2D eigenvalue weighted by Crippen LogP contribution is -2.30. The summed E-state index contributed by atoms with van der Waals surface area (Å²) in [5, 5.41) is 23.3. The largest absolute Gasteiger partial charge is 0.385 e. The van der Waals surface area contributed by atoms with Crippen molar-refractivity contribution >= 4 is 22.2 Å². The van der Waals surface area contributed by atoms with E-state index in [4.69, 9.17) is 0 Å². The number of hydrogen-bond donors (Lipinski definition) is 3. The van der Waals surface area contributed by atoms with Crippen LogP contribution in [0.1, 0.15) is 49.0 Å². The van der Waals surface area contributed by atoms with E-state index in [1.165, 1.54) is 16.7 Å². The van der Waals surface area contributed by atoms with Crippen LogP contribution in [0.3, 0.4) is 0 Å². The van der Waals surface area contributed by atoms with E-state index in [0.717, 1.165) is 71.2 Å². The van der Waals surface area contributed by atoms with E-state index >= 15 is 0 Å². The number of fused-ring (bicyclic) bond motifs is 2. The van der Waals surface area contributed by atoms with Crippen LogP contribution in [-0.4, -0.2) is 44.3 Å². The van der Waals surface area contributed by atoms with Gasteiger partial charge in [0.05, 0.1) is 5.52 Å². The van der Waals surface area contributed by atoms with Crippen molar-refractivity contribution < 1.29 is 10.2 Å². The molecule has 5 nitrogen and oxygen atoms in total. The van der Waals surface area contributed by atoms with Gasteiger partial charge in [-0.2, -0.15) is 0 Å². The molecule has 0 spiro atoms. The molecule has 1 aromatic carbocycles. The minimum atomic E-state index is -0.932. The van der Waals surface area contributed by atoms with Crippen LogP contribution in [0.25, 0.3) is 22.2 Å². The van der Waals surface area contributed by atoms with Gasteiger partial charge in [-0.3, -0.25) is 4.98 Å². The number of hydrogen-bond acceptors (Lipinski definition) is 4. The predicted molar refractivity (Wildman–Crippen MR) is 140 cm³/mol. The Balaban J connectivity index is 1.39. The number of pyridine rings is 1. The molecule has 5 heteroatoms. The Hall–Kier alpha value is -3.41. The number of nitrogens with zero attached hydrogens (tertiary/aromatic N) is 2. The molecule has 3 aliphatic rings. The van der Waals surface area contributed by atoms with Crippen molar-refractivity contribution in [2.45, 2.75) is 38.4 Å². The van der Waals surface area contributed by atoms with Crippen LogP contribution in [0.2, 0.25) is 0 Å². The van der Waals surface area contributed by atoms with E-state index in [9.17, 15) is 10.2 Å². The van der Waals surface area contributed by atoms with E-state index in [1.807, 2.05) is 48.9 Å². The molecule has 3 N–H and O–H groups in total. The van der Waals surface area contributed by atoms with Gasteiger partial charge in [0.25, 0.3) is 0 Å². The van der Waals surface area contributed by atoms with Gasteiger partial charge in [0.2, 0.25) is 0 Å². The van der Waals surface area contributed by atoms with E-state index < -0.39 is 12.2 Å². The summed E-state index contributed by atoms with van der Waals surface area (Å²) < 4.78 is 0. The topological polar surface area (TPSA) is 72.4 Å². The maximum atomic E-state index is 11.1. The highest BCUT2D eigenvalue weighted by Crippen LogP contribution is 2.47. The van der Waals surface area contributed by atoms with Gasteiger partial charge in [0.15, 0.2) is 0 Å². The summed E-state index contributed by atoms with van der Waals surface area (Å²) in [6, 6.07) is 10.1. The van der Waals surface area contributed by atoms with Crippen molar-refractivity contribution in [1.82, 2.24) is 14.9 Å². The standard InChI is InChI=1S/C30H31N3O2/c1-18-6-5-9-24-26(18)27(22-7-3-4-8-23(22)29(34)30(24)35)20-11-14-33(15-12-20)19(2)25-17-31-16-21-10-13-32-28(21)25/h3-5,7-10,13,16-18,29-30,32,34-35H,2,6,11-12,14-15H2,1H3. The lowest BCUT2D eigenvalue weighted by molar-refractivity contribution is 0.0429. The monoisotopic (exact) mass is 465 g/mol. The number of nitrogens with one attached hydrogen (secondary N) is 1. The van der Waals surface area contributed by atoms with E-state index in [0.29, 0.717) is 0 Å². The molecule has 35 heavy (non-hydrogen) atoms. The summed E-state index contributed by atoms with van der Waals surface area (Å²) >= 11 is 0. The molecule has 1 saturated heterocycles. The molecule has 1 aliphatic heterocycles. The molecule has 0 bridgehead atoms. The van der Waals surface area contributed by atoms with Gasteiger partial charge in [-0.1, -0.05) is 55.5 Å². The maximum absolute atomic E-state index is 11.1. The number of allylic oxidation sites excluding steroid dienone is 3. The SMILES string of the molecule is C=C(c1cncc2cc[nH]c12)N1CCC(=C2C3=C(C=CCC3C)C(O)C(O)c3ccccc32)CC1. The van der Waals surface area contributed by atoms with Gasteiger partial charge in [-0.05, 0) is 59.1 Å². The Morgan fingerprint density at radius 2 is 1.89 bits per heavy atom. The summed E-state index contributed by atoms with van der Waals surface area (Å²) in [4.78, 5) is 10.1. The third kappa shape index (κ3) is 3.58. The van der Waals surface area contributed by atoms with E-state index in [-0.39, 0.29) is 5.92 Å². The fourth-order valence-electron chi connectivity index (χ4n) is 6.05. The molecule has 6 rings (SSSR count). The lowest BCUT2D eigenvalue weighted by atomic mass is 9.77. The van der Waals surface area contributed by atoms with Crippen LogP contribution in [0, 0.1) is 5.92 Å². The van der Waals surface area contributed by atoms with Crippen LogP contribution in [0.5, 0.6) is 0 Å². The van der Waals surface area contributed by atoms with Crippen molar-refractivity contribution in [2.24, 2.45) is 5.92 Å². The summed E-state index contributed by atoms with van der Waals surface area (Å²) in [5.41, 5.74) is 9.70. The first-order valence-corrected chi connectivity index (χ1v) is 12.5. The molecule has 0 radical (unpaired) electrons. The maximum Gasteiger partial charge on any atom is 0.110 e. The molecule has 2 aliphatic carbocycles. The van der Waals surface area contributed by atoms with Crippen LogP contribution >= 0.6 is 0 Å². The molecule has 3 heterocycles. The summed E-state index contributed by atoms with van der Waals surface area (Å²) in [5.74, 6) is 0.287. The number of piperidine rings is 1. The third-order valence-electron chi connectivity index (χ3n) is 7.91. The summed E-state index contributed by atoms with van der Waals surface area (Å²) in [6.07, 6.45) is 10.8. The first-order chi connectivity index (χ1) is 17.0. The number of aliphatic hydroxyl groups is 2. The van der Waals surface area contributed by atoms with Crippen molar-refractivity contribution in [1.29, 1.82) is 0 Å². The third-order valence-corrected chi connectivity index (χ3v) is 7.91. The molecule has 2 aromatic heterocycles. The fourth-order valence-corrected chi connectivity index (χ4v) is 6.05. The average Bonchev–Trinajstić information content (AvgIpc) is 3.35. The van der Waals surface area contributed by atoms with Gasteiger partial charge in [0, 0.05) is 48.3 Å². The minimum absolute atomic E-state index is 0.287. The van der Waals surface area contributed by atoms with Crippen LogP contribution < -0.4 is 0 Å². The first kappa shape index (κ1) is 22.1. The summed E-state index contributed by atoms with van der Waals surface area (Å²) in [6.45, 7) is 8.40. The predicted octanol–water partition coefficient (Wildman–Crippen LogP) is 5.38. The van der Waals surface area contributed by atoms with E-state index in [1.54, 1.807) is 0 Å². The molecular weight excluding hydrogens is 434 g/mol. The highest BCUT2D eigenvalue weighted by Gasteiger charge is 2.36. The van der Waals surface area contributed by atoms with Gasteiger partial charge in [-0.15, -0.1) is 0 Å². The van der Waals surface area contributed by atoms with Crippen LogP contribution in [0.15, 0.2) is 84.4 Å². The van der Waals surface area contributed by atoms with Crippen molar-refractivity contribution in [3.8, 4) is 0 Å². The second-order valence-corrected chi connectivity index (χ2v) is 9.93. The fraction of sp³-hybridized carbons (Fsp3) is 0.300. The van der Waals surface area contributed by atoms with Crippen molar-refractivity contribution in [3.05, 3.63) is 101 Å². The Morgan fingerprint density at radius 1 is 1.09 bits per heavy atom. The zero-order chi connectivity index (χ0) is 24.1. The number of aromatic amines is 1. The zero-order valence-electron chi connectivity index (χ0n) is 20.0. The number of benzene rings is 1. The Bertz CT molecular complexity index is 1400. The first-order valence-electron chi connectivity index (χ1n) is 12.5. The van der Waals surface area contributed by atoms with Crippen molar-refractivity contribution in [2.75, 3.05) is 13.1 Å². The van der Waals surface area contributed by atoms with Crippen LogP contribution in [0.4, 0.5) is 0 Å². The normalized spacial score (nSPS) is 24.4. The van der Waals surface area contributed by atoms with Gasteiger partial charge in [-0.25, -0.2) is 0 Å². The Morgan fingerprint density at radius 3 is 2.71 bits per heavy atom. The second kappa shape index (κ2) is 8.67. The molecule has 1 fully saturated rings. The highest BCUT2D eigenvalue weighted by molar-refractivity contribution is 5.90. The van der Waals surface area contributed by atoms with Crippen LogP contribution in [-0.2, 0) is 0 Å². The quantitative estimate of drug-likeness (QED) is 0.475. The molecule has 3 unspecified atom stereocenters. The molecule has 3 aromatic rings. The number of likely N-dealkylation sites (tertiary alicyclic amines) is 1. The van der Waals surface area contributed by atoms with Gasteiger partial charge < -0.3 is 20.1 Å². The lowest BCUT2D eigenvalue weighted by Gasteiger charge is -2.35. The molecular formula is C30H31N3O2. The average molecular weight is 466 g/mol. The minimum Gasteiger partial charge on any atom is -0.385 e. The van der Waals surface area contributed by atoms with E-state index in [2.05, 4.69) is 40.5 Å². The Kier molecular flexibility index (Phi) is 5.47. The Labute approximate surface area is 205 Å². The molecule has 0 amide bonds. The van der Waals surface area contributed by atoms with Gasteiger partial charge >= 0.3 is 0 Å². The summed E-state index contributed by atoms with van der Waals surface area (Å²) in [7, 11) is 0. The number of rotatable bonds is 2. The number of H-pyrrole nitrogens is 1. The smallest absolute Gasteiger partial charge is 0.110 e. The number of aliphatic hydroxyl groups excluding tert-OH is 2.